The van der Waals surface area contributed by atoms with Gasteiger partial charge in [0, 0.05) is 43.9 Å². The van der Waals surface area contributed by atoms with Crippen molar-refractivity contribution in [3.8, 4) is 0 Å². The van der Waals surface area contributed by atoms with Crippen LogP contribution in [0.2, 0.25) is 0 Å². The van der Waals surface area contributed by atoms with E-state index in [-0.39, 0.29) is 23.0 Å². The molecule has 0 bridgehead atoms. The molecule has 3 aliphatic rings. The third-order valence-corrected chi connectivity index (χ3v) is 14.0. The molecule has 274 valence electrons. The highest BCUT2D eigenvalue weighted by molar-refractivity contribution is 7.27. The van der Waals surface area contributed by atoms with E-state index in [9.17, 15) is 0 Å². The molecule has 0 N–H and O–H groups in total. The number of thiophene rings is 1. The standard InChI is InChI=1S/C51H51BN2S/c1-49(2,3)32-17-22-35(23-18-32)53-42-29-21-34(51(7,8)9)30-41(42)52-40-28-27-39-38-26-16-31-12-10-13-37(31)47(38)55-48(39)46(40)54(44-15-11-14-43(53)45(44)52)36-24-19-33(20-25-36)50(4,5)6/h11,14-30H,10,12-13H2,1-9H3. The molecular weight excluding hydrogens is 683 g/mol. The Hall–Kier alpha value is -4.80. The molecule has 0 radical (unpaired) electrons. The van der Waals surface area contributed by atoms with Crippen LogP contribution in [-0.4, -0.2) is 6.71 Å². The quantitative estimate of drug-likeness (QED) is 0.163. The monoisotopic (exact) mass is 734 g/mol. The number of hydrogen-bond acceptors (Lipinski definition) is 3. The molecular formula is C51H51BN2S. The molecule has 0 atom stereocenters. The first-order chi connectivity index (χ1) is 26.2. The molecule has 2 aliphatic heterocycles. The van der Waals surface area contributed by atoms with E-state index in [1.165, 1.54) is 107 Å². The van der Waals surface area contributed by atoms with Crippen LogP contribution in [0.15, 0.2) is 109 Å². The first kappa shape index (κ1) is 34.7. The van der Waals surface area contributed by atoms with Crippen LogP contribution in [0.1, 0.15) is 96.6 Å². The molecule has 0 saturated carbocycles. The lowest BCUT2D eigenvalue weighted by atomic mass is 9.33. The van der Waals surface area contributed by atoms with Gasteiger partial charge in [0.05, 0.1) is 10.4 Å². The average molecular weight is 735 g/mol. The molecule has 2 nitrogen and oxygen atoms in total. The molecule has 3 heterocycles. The molecule has 0 spiro atoms. The maximum Gasteiger partial charge on any atom is 0.252 e. The lowest BCUT2D eigenvalue weighted by Crippen LogP contribution is -2.61. The van der Waals surface area contributed by atoms with Crippen LogP contribution in [0.3, 0.4) is 0 Å². The van der Waals surface area contributed by atoms with Gasteiger partial charge in [-0.05, 0) is 122 Å². The Bertz CT molecular complexity index is 2680. The second-order valence-corrected chi connectivity index (χ2v) is 20.4. The Labute approximate surface area is 331 Å². The summed E-state index contributed by atoms with van der Waals surface area (Å²) in [5, 5.41) is 2.79. The van der Waals surface area contributed by atoms with E-state index in [4.69, 9.17) is 0 Å². The summed E-state index contributed by atoms with van der Waals surface area (Å²) in [5.74, 6) is 0. The normalized spacial score (nSPS) is 15.0. The Morgan fingerprint density at radius 3 is 1.71 bits per heavy atom. The van der Waals surface area contributed by atoms with E-state index in [1.54, 1.807) is 11.1 Å². The number of hydrogen-bond donors (Lipinski definition) is 0. The summed E-state index contributed by atoms with van der Waals surface area (Å²) >= 11 is 2.03. The van der Waals surface area contributed by atoms with E-state index in [2.05, 4.69) is 181 Å². The summed E-state index contributed by atoms with van der Waals surface area (Å²) in [6.45, 7) is 20.9. The fraction of sp³-hybridized carbons (Fsp3) is 0.294. The maximum atomic E-state index is 2.62. The van der Waals surface area contributed by atoms with Crippen molar-refractivity contribution in [2.45, 2.75) is 97.8 Å². The maximum absolute atomic E-state index is 2.62. The van der Waals surface area contributed by atoms with Gasteiger partial charge < -0.3 is 9.80 Å². The van der Waals surface area contributed by atoms with Gasteiger partial charge in [-0.3, -0.25) is 0 Å². The van der Waals surface area contributed by atoms with Gasteiger partial charge in [-0.1, -0.05) is 129 Å². The fourth-order valence-electron chi connectivity index (χ4n) is 9.61. The number of rotatable bonds is 2. The van der Waals surface area contributed by atoms with Crippen LogP contribution in [0.25, 0.3) is 20.2 Å². The van der Waals surface area contributed by atoms with E-state index in [0.717, 1.165) is 0 Å². The van der Waals surface area contributed by atoms with Crippen molar-refractivity contribution < 1.29 is 0 Å². The number of anilines is 6. The third-order valence-electron chi connectivity index (χ3n) is 12.7. The van der Waals surface area contributed by atoms with Gasteiger partial charge in [-0.2, -0.15) is 0 Å². The predicted molar refractivity (Wildman–Crippen MR) is 241 cm³/mol. The van der Waals surface area contributed by atoms with Gasteiger partial charge in [0.1, 0.15) is 0 Å². The lowest BCUT2D eigenvalue weighted by molar-refractivity contribution is 0.590. The summed E-state index contributed by atoms with van der Waals surface area (Å²) in [7, 11) is 0. The Balaban J connectivity index is 1.29. The van der Waals surface area contributed by atoms with E-state index >= 15 is 0 Å². The van der Waals surface area contributed by atoms with Crippen LogP contribution in [-0.2, 0) is 29.1 Å². The number of nitrogens with zero attached hydrogens (tertiary/aromatic N) is 2. The van der Waals surface area contributed by atoms with Crippen LogP contribution in [0.4, 0.5) is 34.1 Å². The van der Waals surface area contributed by atoms with Gasteiger partial charge in [0.25, 0.3) is 6.71 Å². The molecule has 1 aliphatic carbocycles. The molecule has 0 amide bonds. The summed E-state index contributed by atoms with van der Waals surface area (Å²) in [6.07, 6.45) is 3.64. The fourth-order valence-corrected chi connectivity index (χ4v) is 11.0. The van der Waals surface area contributed by atoms with Crippen LogP contribution < -0.4 is 26.2 Å². The van der Waals surface area contributed by atoms with Crippen molar-refractivity contribution in [1.29, 1.82) is 0 Å². The predicted octanol–water partition coefficient (Wildman–Crippen LogP) is 12.5. The molecule has 1 aromatic heterocycles. The smallest absolute Gasteiger partial charge is 0.252 e. The zero-order valence-electron chi connectivity index (χ0n) is 33.9. The molecule has 0 fully saturated rings. The summed E-state index contributed by atoms with van der Waals surface area (Å²) in [5.41, 5.74) is 19.1. The molecule has 7 aromatic rings. The second kappa shape index (κ2) is 11.9. The molecule has 55 heavy (non-hydrogen) atoms. The van der Waals surface area contributed by atoms with Gasteiger partial charge >= 0.3 is 0 Å². The topological polar surface area (TPSA) is 6.48 Å². The second-order valence-electron chi connectivity index (χ2n) is 19.3. The van der Waals surface area contributed by atoms with E-state index in [0.29, 0.717) is 0 Å². The first-order valence-corrected chi connectivity index (χ1v) is 21.1. The van der Waals surface area contributed by atoms with Gasteiger partial charge in [-0.15, -0.1) is 11.3 Å². The number of fused-ring (bicyclic) bond motifs is 10. The summed E-state index contributed by atoms with van der Waals surface area (Å²) in [6, 6.07) is 42.9. The van der Waals surface area contributed by atoms with Crippen LogP contribution in [0.5, 0.6) is 0 Å². The van der Waals surface area contributed by atoms with Gasteiger partial charge in [0.15, 0.2) is 0 Å². The summed E-state index contributed by atoms with van der Waals surface area (Å²) in [4.78, 5) is 5.16. The summed E-state index contributed by atoms with van der Waals surface area (Å²) < 4.78 is 2.89. The number of aryl methyl sites for hydroxylation is 2. The van der Waals surface area contributed by atoms with Crippen molar-refractivity contribution in [2.24, 2.45) is 0 Å². The lowest BCUT2D eigenvalue weighted by Gasteiger charge is -2.44. The molecule has 4 heteroatoms. The van der Waals surface area contributed by atoms with Crippen molar-refractivity contribution in [3.05, 3.63) is 137 Å². The highest BCUT2D eigenvalue weighted by Crippen LogP contribution is 2.50. The highest BCUT2D eigenvalue weighted by atomic mass is 32.1. The largest absolute Gasteiger partial charge is 0.311 e. The Kier molecular flexibility index (Phi) is 7.47. The highest BCUT2D eigenvalue weighted by Gasteiger charge is 2.44. The van der Waals surface area contributed by atoms with Crippen molar-refractivity contribution in [2.75, 3.05) is 9.80 Å². The van der Waals surface area contributed by atoms with Gasteiger partial charge in [-0.25, -0.2) is 0 Å². The minimum atomic E-state index is 0.0160. The molecule has 10 rings (SSSR count). The third kappa shape index (κ3) is 5.27. The zero-order chi connectivity index (χ0) is 38.2. The van der Waals surface area contributed by atoms with E-state index in [1.807, 2.05) is 11.3 Å². The van der Waals surface area contributed by atoms with Crippen LogP contribution >= 0.6 is 11.3 Å². The van der Waals surface area contributed by atoms with Crippen molar-refractivity contribution in [1.82, 2.24) is 0 Å². The Morgan fingerprint density at radius 2 is 1.07 bits per heavy atom. The first-order valence-electron chi connectivity index (χ1n) is 20.3. The zero-order valence-corrected chi connectivity index (χ0v) is 34.7. The Morgan fingerprint density at radius 1 is 0.509 bits per heavy atom. The number of benzene rings is 6. The molecule has 0 unspecified atom stereocenters. The van der Waals surface area contributed by atoms with Crippen LogP contribution in [0, 0.1) is 0 Å². The van der Waals surface area contributed by atoms with Crippen molar-refractivity contribution in [3.63, 3.8) is 0 Å². The minimum absolute atomic E-state index is 0.0160. The molecule has 6 aromatic carbocycles. The SMILES string of the molecule is CC(C)(C)c1ccc(N2c3ccc(C(C)(C)C)cc3B3c4ccc5c(sc6c7c(ccc65)CCC7)c4N(c4ccc(C(C)(C)C)cc4)c4cccc2c43)cc1. The molecule has 0 saturated heterocycles. The minimum Gasteiger partial charge on any atom is -0.311 e. The van der Waals surface area contributed by atoms with Gasteiger partial charge in [0.2, 0.25) is 0 Å². The average Bonchev–Trinajstić information content (AvgIpc) is 3.79. The van der Waals surface area contributed by atoms with Crippen molar-refractivity contribution >= 4 is 88.7 Å². The van der Waals surface area contributed by atoms with E-state index < -0.39 is 0 Å².